The van der Waals surface area contributed by atoms with E-state index in [2.05, 4.69) is 4.57 Å². The minimum atomic E-state index is -0.519. The zero-order valence-electron chi connectivity index (χ0n) is 17.2. The highest BCUT2D eigenvalue weighted by atomic mass is 19.1. The molecule has 0 unspecified atom stereocenters. The highest BCUT2D eigenvalue weighted by Gasteiger charge is 2.31. The SMILES string of the molecule is COCCCn1c([C@@H]2CCCN(C(=O)OC(C)(C)C)C2)nc2cc(F)ccc21. The van der Waals surface area contributed by atoms with Gasteiger partial charge in [-0.25, -0.2) is 14.2 Å². The van der Waals surface area contributed by atoms with Gasteiger partial charge in [0.15, 0.2) is 0 Å². The largest absolute Gasteiger partial charge is 0.444 e. The Balaban J connectivity index is 1.86. The molecule has 2 aromatic rings. The van der Waals surface area contributed by atoms with E-state index in [0.717, 1.165) is 37.1 Å². The number of halogens is 1. The predicted molar refractivity (Wildman–Crippen MR) is 106 cm³/mol. The molecular formula is C21H30FN3O3. The summed E-state index contributed by atoms with van der Waals surface area (Å²) in [7, 11) is 1.68. The number of aromatic nitrogens is 2. The predicted octanol–water partition coefficient (Wildman–Crippen LogP) is 4.33. The summed E-state index contributed by atoms with van der Waals surface area (Å²) in [5, 5.41) is 0. The lowest BCUT2D eigenvalue weighted by molar-refractivity contribution is 0.0195. The van der Waals surface area contributed by atoms with Gasteiger partial charge in [-0.2, -0.15) is 0 Å². The highest BCUT2D eigenvalue weighted by Crippen LogP contribution is 2.30. The molecule has 1 aliphatic heterocycles. The van der Waals surface area contributed by atoms with Crippen LogP contribution in [0.2, 0.25) is 0 Å². The van der Waals surface area contributed by atoms with Crippen molar-refractivity contribution in [2.45, 2.75) is 58.1 Å². The highest BCUT2D eigenvalue weighted by molar-refractivity contribution is 5.76. The summed E-state index contributed by atoms with van der Waals surface area (Å²) >= 11 is 0. The molecule has 1 amide bonds. The van der Waals surface area contributed by atoms with Crippen LogP contribution in [0.3, 0.4) is 0 Å². The number of piperidine rings is 1. The van der Waals surface area contributed by atoms with Crippen molar-refractivity contribution < 1.29 is 18.7 Å². The summed E-state index contributed by atoms with van der Waals surface area (Å²) in [6, 6.07) is 4.72. The maximum Gasteiger partial charge on any atom is 0.410 e. The van der Waals surface area contributed by atoms with E-state index < -0.39 is 5.60 Å². The number of imidazole rings is 1. The van der Waals surface area contributed by atoms with E-state index in [1.807, 2.05) is 20.8 Å². The number of amides is 1. The smallest absolute Gasteiger partial charge is 0.410 e. The summed E-state index contributed by atoms with van der Waals surface area (Å²) in [5.41, 5.74) is 1.05. The Morgan fingerprint density at radius 3 is 2.86 bits per heavy atom. The van der Waals surface area contributed by atoms with Crippen LogP contribution in [0.4, 0.5) is 9.18 Å². The molecule has 0 spiro atoms. The van der Waals surface area contributed by atoms with E-state index in [1.165, 1.54) is 12.1 Å². The van der Waals surface area contributed by atoms with E-state index >= 15 is 0 Å². The van der Waals surface area contributed by atoms with E-state index in [9.17, 15) is 9.18 Å². The Bertz CT molecular complexity index is 828. The maximum atomic E-state index is 13.7. The molecule has 7 heteroatoms. The van der Waals surface area contributed by atoms with Gasteiger partial charge in [0.05, 0.1) is 11.0 Å². The Labute approximate surface area is 165 Å². The lowest BCUT2D eigenvalue weighted by Crippen LogP contribution is -2.42. The topological polar surface area (TPSA) is 56.6 Å². The average Bonchev–Trinajstić information content (AvgIpc) is 2.98. The summed E-state index contributed by atoms with van der Waals surface area (Å²) < 4.78 is 26.6. The van der Waals surface area contributed by atoms with E-state index in [0.29, 0.717) is 25.2 Å². The van der Waals surface area contributed by atoms with Crippen molar-refractivity contribution in [2.75, 3.05) is 26.8 Å². The Morgan fingerprint density at radius 2 is 2.14 bits per heavy atom. The molecule has 2 heterocycles. The van der Waals surface area contributed by atoms with Crippen molar-refractivity contribution in [3.63, 3.8) is 0 Å². The number of likely N-dealkylation sites (tertiary alicyclic amines) is 1. The Kier molecular flexibility index (Phi) is 6.23. The number of carbonyl (C=O) groups is 1. The van der Waals surface area contributed by atoms with Crippen LogP contribution in [0, 0.1) is 5.82 Å². The first-order chi connectivity index (χ1) is 13.3. The van der Waals surface area contributed by atoms with Crippen LogP contribution in [-0.4, -0.2) is 53.0 Å². The third kappa shape index (κ3) is 4.82. The van der Waals surface area contributed by atoms with Crippen molar-refractivity contribution in [1.29, 1.82) is 0 Å². The molecule has 1 fully saturated rings. The Hall–Kier alpha value is -2.15. The fourth-order valence-corrected chi connectivity index (χ4v) is 3.72. The number of ether oxygens (including phenoxy) is 2. The van der Waals surface area contributed by atoms with Crippen molar-refractivity contribution in [3.05, 3.63) is 29.8 Å². The molecule has 0 saturated carbocycles. The Morgan fingerprint density at radius 1 is 1.36 bits per heavy atom. The van der Waals surface area contributed by atoms with Crippen LogP contribution in [-0.2, 0) is 16.0 Å². The summed E-state index contributed by atoms with van der Waals surface area (Å²) in [6.45, 7) is 8.25. The molecule has 1 saturated heterocycles. The minimum Gasteiger partial charge on any atom is -0.444 e. The standard InChI is InChI=1S/C21H30FN3O3/c1-21(2,3)28-20(26)24-10-5-7-15(14-24)19-23-17-13-16(22)8-9-18(17)25(19)11-6-12-27-4/h8-9,13,15H,5-7,10-12,14H2,1-4H3/t15-/m1/s1. The number of rotatable bonds is 5. The van der Waals surface area contributed by atoms with Crippen molar-refractivity contribution >= 4 is 17.1 Å². The van der Waals surface area contributed by atoms with E-state index in [4.69, 9.17) is 14.5 Å². The number of fused-ring (bicyclic) bond motifs is 1. The molecule has 1 atom stereocenters. The number of benzene rings is 1. The van der Waals surface area contributed by atoms with Crippen LogP contribution >= 0.6 is 0 Å². The first kappa shape index (κ1) is 20.6. The van der Waals surface area contributed by atoms with Crippen LogP contribution in [0.25, 0.3) is 11.0 Å². The van der Waals surface area contributed by atoms with Gasteiger partial charge in [0.25, 0.3) is 0 Å². The first-order valence-electron chi connectivity index (χ1n) is 9.91. The van der Waals surface area contributed by atoms with Crippen LogP contribution in [0.5, 0.6) is 0 Å². The molecule has 0 bridgehead atoms. The normalized spacial score (nSPS) is 17.9. The van der Waals surface area contributed by atoms with Crippen LogP contribution in [0.1, 0.15) is 51.8 Å². The molecule has 3 rings (SSSR count). The zero-order chi connectivity index (χ0) is 20.3. The fourth-order valence-electron chi connectivity index (χ4n) is 3.72. The summed E-state index contributed by atoms with van der Waals surface area (Å²) in [6.07, 6.45) is 2.38. The number of nitrogens with zero attached hydrogens (tertiary/aromatic N) is 3. The van der Waals surface area contributed by atoms with Gasteiger partial charge >= 0.3 is 6.09 Å². The number of aryl methyl sites for hydroxylation is 1. The monoisotopic (exact) mass is 391 g/mol. The average molecular weight is 391 g/mol. The molecule has 154 valence electrons. The second-order valence-corrected chi connectivity index (χ2v) is 8.37. The lowest BCUT2D eigenvalue weighted by atomic mass is 9.97. The summed E-state index contributed by atoms with van der Waals surface area (Å²) in [4.78, 5) is 19.0. The molecular weight excluding hydrogens is 361 g/mol. The maximum absolute atomic E-state index is 13.7. The number of hydrogen-bond donors (Lipinski definition) is 0. The van der Waals surface area contributed by atoms with Gasteiger partial charge in [-0.3, -0.25) is 0 Å². The number of carbonyl (C=O) groups excluding carboxylic acids is 1. The van der Waals surface area contributed by atoms with Crippen molar-refractivity contribution in [2.24, 2.45) is 0 Å². The third-order valence-electron chi connectivity index (χ3n) is 4.91. The van der Waals surface area contributed by atoms with Crippen molar-refractivity contribution in [1.82, 2.24) is 14.5 Å². The van der Waals surface area contributed by atoms with Gasteiger partial charge < -0.3 is 18.9 Å². The molecule has 1 aliphatic rings. The molecule has 28 heavy (non-hydrogen) atoms. The second-order valence-electron chi connectivity index (χ2n) is 8.37. The third-order valence-corrected chi connectivity index (χ3v) is 4.91. The minimum absolute atomic E-state index is 0.0966. The van der Waals surface area contributed by atoms with Gasteiger partial charge in [0.2, 0.25) is 0 Å². The number of methoxy groups -OCH3 is 1. The van der Waals surface area contributed by atoms with Crippen molar-refractivity contribution in [3.8, 4) is 0 Å². The van der Waals surface area contributed by atoms with Crippen LogP contribution in [0.15, 0.2) is 18.2 Å². The lowest BCUT2D eigenvalue weighted by Gasteiger charge is -2.34. The van der Waals surface area contributed by atoms with Gasteiger partial charge in [-0.15, -0.1) is 0 Å². The van der Waals surface area contributed by atoms with Gasteiger partial charge in [0.1, 0.15) is 17.2 Å². The van der Waals surface area contributed by atoms with Gasteiger partial charge in [0, 0.05) is 45.3 Å². The molecule has 1 aromatic carbocycles. The molecule has 0 N–H and O–H groups in total. The van der Waals surface area contributed by atoms with E-state index in [1.54, 1.807) is 18.1 Å². The van der Waals surface area contributed by atoms with E-state index in [-0.39, 0.29) is 17.8 Å². The zero-order valence-corrected chi connectivity index (χ0v) is 17.2. The quantitative estimate of drug-likeness (QED) is 0.712. The fraction of sp³-hybridized carbons (Fsp3) is 0.619. The number of hydrogen-bond acceptors (Lipinski definition) is 4. The second kappa shape index (κ2) is 8.47. The molecule has 0 radical (unpaired) electrons. The summed E-state index contributed by atoms with van der Waals surface area (Å²) in [5.74, 6) is 0.712. The van der Waals surface area contributed by atoms with Crippen LogP contribution < -0.4 is 0 Å². The molecule has 1 aromatic heterocycles. The van der Waals surface area contributed by atoms with Gasteiger partial charge in [-0.1, -0.05) is 0 Å². The molecule has 6 nitrogen and oxygen atoms in total. The van der Waals surface area contributed by atoms with Gasteiger partial charge in [-0.05, 0) is 52.2 Å². The first-order valence-corrected chi connectivity index (χ1v) is 9.91. The molecule has 0 aliphatic carbocycles.